The molecule has 0 bridgehead atoms. The molecule has 100 valence electrons. The van der Waals surface area contributed by atoms with E-state index in [0.717, 1.165) is 0 Å². The maximum absolute atomic E-state index is 12.0. The summed E-state index contributed by atoms with van der Waals surface area (Å²) < 4.78 is 0. The molecule has 0 saturated heterocycles. The van der Waals surface area contributed by atoms with Gasteiger partial charge in [-0.1, -0.05) is 26.2 Å². The van der Waals surface area contributed by atoms with Gasteiger partial charge in [0.25, 0.3) is 5.91 Å². The molecule has 2 unspecified atom stereocenters. The molecule has 0 saturated carbocycles. The van der Waals surface area contributed by atoms with E-state index in [2.05, 4.69) is 11.2 Å². The fraction of sp³-hybridized carbons (Fsp3) is 0.333. The van der Waals surface area contributed by atoms with Crippen LogP contribution in [0.4, 0.5) is 0 Å². The Bertz CT molecular complexity index is 499. The van der Waals surface area contributed by atoms with Gasteiger partial charge in [0.05, 0.1) is 0 Å². The van der Waals surface area contributed by atoms with Crippen LogP contribution in [0.5, 0.6) is 0 Å². The summed E-state index contributed by atoms with van der Waals surface area (Å²) in [5.41, 5.74) is 1.07. The highest BCUT2D eigenvalue weighted by Crippen LogP contribution is 2.10. The van der Waals surface area contributed by atoms with Gasteiger partial charge in [0, 0.05) is 11.1 Å². The van der Waals surface area contributed by atoms with Crippen molar-refractivity contribution in [3.8, 4) is 12.3 Å². The summed E-state index contributed by atoms with van der Waals surface area (Å²) >= 11 is 0. The van der Waals surface area contributed by atoms with Gasteiger partial charge in [-0.25, -0.2) is 4.79 Å². The van der Waals surface area contributed by atoms with Gasteiger partial charge in [0.1, 0.15) is 6.04 Å². The maximum atomic E-state index is 12.0. The van der Waals surface area contributed by atoms with Crippen molar-refractivity contribution in [2.45, 2.75) is 26.3 Å². The first-order chi connectivity index (χ1) is 8.99. The Labute approximate surface area is 112 Å². The second kappa shape index (κ2) is 6.60. The van der Waals surface area contributed by atoms with E-state index in [0.29, 0.717) is 17.5 Å². The highest BCUT2D eigenvalue weighted by atomic mass is 16.4. The van der Waals surface area contributed by atoms with Crippen molar-refractivity contribution in [2.24, 2.45) is 5.92 Å². The summed E-state index contributed by atoms with van der Waals surface area (Å²) in [6.45, 7) is 3.68. The molecular formula is C15H17NO3. The number of hydrogen-bond donors (Lipinski definition) is 2. The smallest absolute Gasteiger partial charge is 0.326 e. The molecule has 0 aliphatic rings. The van der Waals surface area contributed by atoms with Crippen molar-refractivity contribution in [3.63, 3.8) is 0 Å². The summed E-state index contributed by atoms with van der Waals surface area (Å²) in [6.07, 6.45) is 5.90. The van der Waals surface area contributed by atoms with E-state index < -0.39 is 17.9 Å². The molecule has 0 fully saturated rings. The second-order valence-electron chi connectivity index (χ2n) is 4.40. The lowest BCUT2D eigenvalue weighted by molar-refractivity contribution is -0.140. The van der Waals surface area contributed by atoms with Gasteiger partial charge in [-0.05, 0) is 30.2 Å². The third kappa shape index (κ3) is 3.85. The zero-order chi connectivity index (χ0) is 14.4. The van der Waals surface area contributed by atoms with Gasteiger partial charge in [0.15, 0.2) is 0 Å². The zero-order valence-corrected chi connectivity index (χ0v) is 11.0. The first kappa shape index (κ1) is 14.8. The van der Waals surface area contributed by atoms with E-state index >= 15 is 0 Å². The summed E-state index contributed by atoms with van der Waals surface area (Å²) in [5.74, 6) is 0.889. The molecule has 4 heteroatoms. The third-order valence-electron chi connectivity index (χ3n) is 3.08. The van der Waals surface area contributed by atoms with Crippen LogP contribution in [0.3, 0.4) is 0 Å². The first-order valence-electron chi connectivity index (χ1n) is 6.10. The number of carbonyl (C=O) groups is 2. The fourth-order valence-corrected chi connectivity index (χ4v) is 1.63. The van der Waals surface area contributed by atoms with Gasteiger partial charge < -0.3 is 10.4 Å². The van der Waals surface area contributed by atoms with Crippen LogP contribution in [-0.4, -0.2) is 23.0 Å². The Morgan fingerprint density at radius 2 is 1.95 bits per heavy atom. The molecule has 1 aromatic rings. The molecule has 0 aliphatic heterocycles. The Morgan fingerprint density at radius 1 is 1.37 bits per heavy atom. The largest absolute Gasteiger partial charge is 0.480 e. The molecule has 19 heavy (non-hydrogen) atoms. The van der Waals surface area contributed by atoms with Crippen LogP contribution >= 0.6 is 0 Å². The van der Waals surface area contributed by atoms with Gasteiger partial charge in [-0.15, -0.1) is 6.42 Å². The standard InChI is InChI=1S/C15H17NO3/c1-4-10(3)13(15(18)19)16-14(17)12-8-6-11(5-2)7-9-12/h2,6-10,13H,4H2,1,3H3,(H,16,17)(H,18,19). The first-order valence-corrected chi connectivity index (χ1v) is 6.10. The Morgan fingerprint density at radius 3 is 2.37 bits per heavy atom. The van der Waals surface area contributed by atoms with E-state index in [9.17, 15) is 9.59 Å². The van der Waals surface area contributed by atoms with Crippen LogP contribution in [-0.2, 0) is 4.79 Å². The van der Waals surface area contributed by atoms with Crippen LogP contribution in [0.25, 0.3) is 0 Å². The summed E-state index contributed by atoms with van der Waals surface area (Å²) in [4.78, 5) is 23.1. The number of amides is 1. The number of carboxylic acid groups (broad SMARTS) is 1. The van der Waals surface area contributed by atoms with E-state index in [1.807, 2.05) is 6.92 Å². The van der Waals surface area contributed by atoms with Crippen molar-refractivity contribution >= 4 is 11.9 Å². The van der Waals surface area contributed by atoms with E-state index in [4.69, 9.17) is 11.5 Å². The van der Waals surface area contributed by atoms with Gasteiger partial charge in [0.2, 0.25) is 0 Å². The van der Waals surface area contributed by atoms with E-state index in [-0.39, 0.29) is 5.92 Å². The number of benzene rings is 1. The molecule has 0 heterocycles. The minimum atomic E-state index is -1.03. The third-order valence-corrected chi connectivity index (χ3v) is 3.08. The topological polar surface area (TPSA) is 66.4 Å². The lowest BCUT2D eigenvalue weighted by Crippen LogP contribution is -2.45. The predicted molar refractivity (Wildman–Crippen MR) is 72.7 cm³/mol. The van der Waals surface area contributed by atoms with E-state index in [1.165, 1.54) is 0 Å². The summed E-state index contributed by atoms with van der Waals surface area (Å²) in [5, 5.41) is 11.6. The van der Waals surface area contributed by atoms with Crippen LogP contribution < -0.4 is 5.32 Å². The van der Waals surface area contributed by atoms with Crippen LogP contribution in [0.15, 0.2) is 24.3 Å². The van der Waals surface area contributed by atoms with Crippen molar-refractivity contribution in [1.29, 1.82) is 0 Å². The number of hydrogen-bond acceptors (Lipinski definition) is 2. The minimum absolute atomic E-state index is 0.133. The highest BCUT2D eigenvalue weighted by molar-refractivity contribution is 5.96. The molecule has 1 amide bonds. The lowest BCUT2D eigenvalue weighted by atomic mass is 9.99. The normalized spacial score (nSPS) is 13.1. The highest BCUT2D eigenvalue weighted by Gasteiger charge is 2.25. The number of nitrogens with one attached hydrogen (secondary N) is 1. The molecule has 0 aromatic heterocycles. The molecule has 1 aromatic carbocycles. The molecule has 0 spiro atoms. The fourth-order valence-electron chi connectivity index (χ4n) is 1.63. The number of aliphatic carboxylic acids is 1. The van der Waals surface area contributed by atoms with E-state index in [1.54, 1.807) is 31.2 Å². The van der Waals surface area contributed by atoms with Crippen molar-refractivity contribution < 1.29 is 14.7 Å². The maximum Gasteiger partial charge on any atom is 0.326 e. The van der Waals surface area contributed by atoms with Crippen LogP contribution in [0.2, 0.25) is 0 Å². The van der Waals surface area contributed by atoms with Gasteiger partial charge in [-0.3, -0.25) is 4.79 Å². The van der Waals surface area contributed by atoms with Crippen LogP contribution in [0.1, 0.15) is 36.2 Å². The predicted octanol–water partition coefficient (Wildman–Crippen LogP) is 1.90. The summed E-state index contributed by atoms with van der Waals surface area (Å²) in [6, 6.07) is 5.58. The van der Waals surface area contributed by atoms with Gasteiger partial charge in [-0.2, -0.15) is 0 Å². The second-order valence-corrected chi connectivity index (χ2v) is 4.40. The monoisotopic (exact) mass is 259 g/mol. The van der Waals surface area contributed by atoms with Crippen molar-refractivity contribution in [2.75, 3.05) is 0 Å². The quantitative estimate of drug-likeness (QED) is 0.794. The number of carboxylic acids is 1. The van der Waals surface area contributed by atoms with Crippen LogP contribution in [0, 0.1) is 18.3 Å². The molecular weight excluding hydrogens is 242 g/mol. The molecule has 1 rings (SSSR count). The molecule has 4 nitrogen and oxygen atoms in total. The zero-order valence-electron chi connectivity index (χ0n) is 11.0. The van der Waals surface area contributed by atoms with Crippen molar-refractivity contribution in [1.82, 2.24) is 5.32 Å². The van der Waals surface area contributed by atoms with Gasteiger partial charge >= 0.3 is 5.97 Å². The molecule has 0 radical (unpaired) electrons. The summed E-state index contributed by atoms with van der Waals surface area (Å²) in [7, 11) is 0. The van der Waals surface area contributed by atoms with Crippen molar-refractivity contribution in [3.05, 3.63) is 35.4 Å². The number of carbonyl (C=O) groups excluding carboxylic acids is 1. The SMILES string of the molecule is C#Cc1ccc(C(=O)NC(C(=O)O)C(C)CC)cc1. The Balaban J connectivity index is 2.82. The molecule has 0 aliphatic carbocycles. The number of rotatable bonds is 5. The Hall–Kier alpha value is -2.28. The minimum Gasteiger partial charge on any atom is -0.480 e. The lowest BCUT2D eigenvalue weighted by Gasteiger charge is -2.20. The average molecular weight is 259 g/mol. The Kier molecular flexibility index (Phi) is 5.13. The average Bonchev–Trinajstić information content (AvgIpc) is 2.43. The molecule has 2 N–H and O–H groups in total. The molecule has 2 atom stereocenters. The number of terminal acetylenes is 1.